The Morgan fingerprint density at radius 2 is 1.93 bits per heavy atom. The van der Waals surface area contributed by atoms with Crippen LogP contribution in [-0.4, -0.2) is 42.4 Å². The molecule has 1 amide bonds. The summed E-state index contributed by atoms with van der Waals surface area (Å²) in [5.74, 6) is -0.169. The van der Waals surface area contributed by atoms with Gasteiger partial charge in [0.25, 0.3) is 5.56 Å². The van der Waals surface area contributed by atoms with Crippen LogP contribution in [0.4, 0.5) is 0 Å². The number of aromatic nitrogens is 3. The fourth-order valence-corrected chi connectivity index (χ4v) is 4.05. The highest BCUT2D eigenvalue weighted by molar-refractivity contribution is 7.22. The summed E-state index contributed by atoms with van der Waals surface area (Å²) in [6.07, 6.45) is 0.380. The second kappa shape index (κ2) is 7.14. The van der Waals surface area contributed by atoms with Crippen LogP contribution in [0.3, 0.4) is 0 Å². The molecule has 0 radical (unpaired) electrons. The molecule has 3 aromatic heterocycles. The third kappa shape index (κ3) is 4.22. The van der Waals surface area contributed by atoms with Gasteiger partial charge < -0.3 is 15.5 Å². The molecule has 0 saturated carbocycles. The molecule has 10 heteroatoms. The second-order valence-electron chi connectivity index (χ2n) is 7.92. The largest absolute Gasteiger partial charge is 0.390 e. The molecule has 0 spiro atoms. The molecule has 0 bridgehead atoms. The van der Waals surface area contributed by atoms with Crippen LogP contribution in [0.5, 0.6) is 0 Å². The number of nitrogens with one attached hydrogen (secondary N) is 1. The fourth-order valence-electron chi connectivity index (χ4n) is 2.89. The van der Waals surface area contributed by atoms with Crippen LogP contribution in [0, 0.1) is 0 Å². The van der Waals surface area contributed by atoms with E-state index in [-0.39, 0.29) is 18.9 Å². The van der Waals surface area contributed by atoms with Crippen LogP contribution in [0.2, 0.25) is 4.34 Å². The molecule has 28 heavy (non-hydrogen) atoms. The van der Waals surface area contributed by atoms with Crippen LogP contribution >= 0.6 is 22.9 Å². The highest BCUT2D eigenvalue weighted by Crippen LogP contribution is 2.33. The van der Waals surface area contributed by atoms with E-state index < -0.39 is 22.7 Å². The lowest BCUT2D eigenvalue weighted by Crippen LogP contribution is -2.38. The monoisotopic (exact) mass is 426 g/mol. The first-order valence-electron chi connectivity index (χ1n) is 8.80. The topological polar surface area (TPSA) is 109 Å². The van der Waals surface area contributed by atoms with Crippen molar-refractivity contribution in [3.63, 3.8) is 0 Å². The van der Waals surface area contributed by atoms with Gasteiger partial charge in [-0.15, -0.1) is 11.3 Å². The van der Waals surface area contributed by atoms with E-state index in [9.17, 15) is 19.8 Å². The Balaban J connectivity index is 2.01. The summed E-state index contributed by atoms with van der Waals surface area (Å²) in [6, 6.07) is 3.41. The molecule has 0 aliphatic carbocycles. The van der Waals surface area contributed by atoms with Gasteiger partial charge >= 0.3 is 0 Å². The van der Waals surface area contributed by atoms with Crippen molar-refractivity contribution in [2.75, 3.05) is 6.54 Å². The first-order chi connectivity index (χ1) is 12.9. The van der Waals surface area contributed by atoms with Gasteiger partial charge in [-0.05, 0) is 46.2 Å². The molecule has 0 aromatic carbocycles. The van der Waals surface area contributed by atoms with Gasteiger partial charge in [-0.3, -0.25) is 14.0 Å². The van der Waals surface area contributed by atoms with Crippen LogP contribution in [-0.2, 0) is 16.9 Å². The lowest BCUT2D eigenvalue weighted by atomic mass is 10.1. The molecule has 0 aliphatic heterocycles. The Labute approximate surface area is 170 Å². The number of carbonyl (C=O) groups excluding carboxylic acids is 1. The molecule has 3 aromatic rings. The molecule has 8 nitrogen and oxygen atoms in total. The summed E-state index contributed by atoms with van der Waals surface area (Å²) in [4.78, 5) is 25.1. The van der Waals surface area contributed by atoms with Gasteiger partial charge in [0.15, 0.2) is 5.82 Å². The van der Waals surface area contributed by atoms with Crippen molar-refractivity contribution in [2.45, 2.75) is 51.9 Å². The number of aliphatic hydroxyl groups is 2. The van der Waals surface area contributed by atoms with Crippen molar-refractivity contribution in [1.82, 2.24) is 19.5 Å². The van der Waals surface area contributed by atoms with Crippen LogP contribution in [0.1, 0.15) is 39.9 Å². The summed E-state index contributed by atoms with van der Waals surface area (Å²) in [5, 5.41) is 27.2. The molecule has 3 heterocycles. The highest BCUT2D eigenvalue weighted by Gasteiger charge is 2.27. The van der Waals surface area contributed by atoms with Crippen LogP contribution < -0.4 is 10.9 Å². The van der Waals surface area contributed by atoms with Crippen molar-refractivity contribution in [3.8, 4) is 0 Å². The predicted molar refractivity (Wildman–Crippen MR) is 109 cm³/mol. The normalized spacial score (nSPS) is 12.8. The molecule has 0 atom stereocenters. The van der Waals surface area contributed by atoms with E-state index in [0.717, 1.165) is 9.38 Å². The van der Waals surface area contributed by atoms with Gasteiger partial charge in [-0.25, -0.2) is 4.68 Å². The maximum absolute atomic E-state index is 12.9. The third-order valence-corrected chi connectivity index (χ3v) is 5.44. The number of hydrogen-bond donors (Lipinski definition) is 3. The zero-order valence-corrected chi connectivity index (χ0v) is 17.7. The van der Waals surface area contributed by atoms with E-state index in [4.69, 9.17) is 11.6 Å². The average Bonchev–Trinajstić information content (AvgIpc) is 3.04. The zero-order valence-electron chi connectivity index (χ0n) is 16.1. The molecule has 3 N–H and O–H groups in total. The Kier molecular flexibility index (Phi) is 5.30. The van der Waals surface area contributed by atoms with Crippen molar-refractivity contribution in [3.05, 3.63) is 32.6 Å². The van der Waals surface area contributed by atoms with Crippen molar-refractivity contribution < 1.29 is 15.0 Å². The summed E-state index contributed by atoms with van der Waals surface area (Å²) in [6.45, 7) is 6.42. The minimum atomic E-state index is -1.36. The number of halogens is 1. The Hall–Kier alpha value is -1.94. The van der Waals surface area contributed by atoms with Crippen molar-refractivity contribution in [1.29, 1.82) is 0 Å². The van der Waals surface area contributed by atoms with Gasteiger partial charge in [-0.1, -0.05) is 11.6 Å². The van der Waals surface area contributed by atoms with Gasteiger partial charge in [0, 0.05) is 6.54 Å². The van der Waals surface area contributed by atoms with Gasteiger partial charge in [-0.2, -0.15) is 5.10 Å². The van der Waals surface area contributed by atoms with Crippen LogP contribution in [0.15, 0.2) is 16.9 Å². The minimum absolute atomic E-state index is 0.232. The molecular formula is C18H23ClN4O4S. The van der Waals surface area contributed by atoms with E-state index in [2.05, 4.69) is 10.4 Å². The number of rotatable bonds is 6. The molecule has 152 valence electrons. The molecule has 0 unspecified atom stereocenters. The summed E-state index contributed by atoms with van der Waals surface area (Å²) < 4.78 is 3.99. The average molecular weight is 427 g/mol. The molecule has 0 fully saturated rings. The maximum Gasteiger partial charge on any atom is 0.291 e. The molecule has 0 aliphatic rings. The Morgan fingerprint density at radius 3 is 2.54 bits per heavy atom. The number of carbonyl (C=O) groups is 1. The van der Waals surface area contributed by atoms with Crippen molar-refractivity contribution >= 4 is 44.6 Å². The van der Waals surface area contributed by atoms with E-state index >= 15 is 0 Å². The summed E-state index contributed by atoms with van der Waals surface area (Å²) >= 11 is 7.40. The number of amides is 1. The molecular weight excluding hydrogens is 404 g/mol. The van der Waals surface area contributed by atoms with E-state index in [1.54, 1.807) is 44.2 Å². The number of hydrogen-bond acceptors (Lipinski definition) is 6. The summed E-state index contributed by atoms with van der Waals surface area (Å²) in [5.41, 5.74) is -1.69. The Bertz CT molecular complexity index is 1100. The Morgan fingerprint density at radius 1 is 1.25 bits per heavy atom. The van der Waals surface area contributed by atoms with Gasteiger partial charge in [0.1, 0.15) is 17.7 Å². The lowest BCUT2D eigenvalue weighted by Gasteiger charge is -2.20. The van der Waals surface area contributed by atoms with Gasteiger partial charge in [0.05, 0.1) is 20.2 Å². The standard InChI is InChI=1S/C18H23ClN4O4S/c1-17(2,26)5-6-20-14(24)9-22-15(25)11-7-12-10(8-13(19)28-12)23(11)16(21-22)18(3,4)27/h7-8,26-27H,5-6,9H2,1-4H3,(H,20,24). The zero-order chi connectivity index (χ0) is 20.9. The third-order valence-electron chi connectivity index (χ3n) is 4.24. The first kappa shape index (κ1) is 20.8. The predicted octanol–water partition coefficient (Wildman–Crippen LogP) is 1.87. The number of thiophene rings is 1. The summed E-state index contributed by atoms with van der Waals surface area (Å²) in [7, 11) is 0. The SMILES string of the molecule is CC(C)(O)CCNC(=O)Cn1nc(C(C)(C)O)n2c(cc3sc(Cl)cc32)c1=O. The lowest BCUT2D eigenvalue weighted by molar-refractivity contribution is -0.122. The minimum Gasteiger partial charge on any atom is -0.390 e. The second-order valence-corrected chi connectivity index (χ2v) is 9.64. The fraction of sp³-hybridized carbons (Fsp3) is 0.500. The highest BCUT2D eigenvalue weighted by atomic mass is 35.5. The molecule has 0 saturated heterocycles. The number of nitrogens with zero attached hydrogens (tertiary/aromatic N) is 3. The maximum atomic E-state index is 12.9. The van der Waals surface area contributed by atoms with Gasteiger partial charge in [0.2, 0.25) is 5.91 Å². The molecule has 3 rings (SSSR count). The van der Waals surface area contributed by atoms with E-state index in [1.165, 1.54) is 11.3 Å². The smallest absolute Gasteiger partial charge is 0.291 e. The first-order valence-corrected chi connectivity index (χ1v) is 10.00. The number of fused-ring (bicyclic) bond motifs is 3. The quantitative estimate of drug-likeness (QED) is 0.557. The van der Waals surface area contributed by atoms with Crippen LogP contribution in [0.25, 0.3) is 15.7 Å². The van der Waals surface area contributed by atoms with E-state index in [1.807, 2.05) is 0 Å². The van der Waals surface area contributed by atoms with Crippen molar-refractivity contribution in [2.24, 2.45) is 0 Å². The van der Waals surface area contributed by atoms with E-state index in [0.29, 0.717) is 21.8 Å².